The molecule has 0 spiro atoms. The molecule has 90 valence electrons. The summed E-state index contributed by atoms with van der Waals surface area (Å²) >= 11 is 0. The monoisotopic (exact) mass is 232 g/mol. The van der Waals surface area contributed by atoms with Gasteiger partial charge in [-0.25, -0.2) is 4.98 Å². The highest BCUT2D eigenvalue weighted by Gasteiger charge is 2.21. The van der Waals surface area contributed by atoms with Crippen molar-refractivity contribution in [3.05, 3.63) is 30.1 Å². The summed E-state index contributed by atoms with van der Waals surface area (Å²) in [6.45, 7) is 3.69. The van der Waals surface area contributed by atoms with Crippen LogP contribution < -0.4 is 11.1 Å². The summed E-state index contributed by atoms with van der Waals surface area (Å²) in [4.78, 5) is 19.1. The lowest BCUT2D eigenvalue weighted by Gasteiger charge is -2.16. The Morgan fingerprint density at radius 2 is 2.18 bits per heavy atom. The molecule has 0 aliphatic heterocycles. The third-order valence-corrected chi connectivity index (χ3v) is 2.44. The normalized spacial score (nSPS) is 11.7. The van der Waals surface area contributed by atoms with Gasteiger partial charge in [0.1, 0.15) is 5.82 Å². The fraction of sp³-hybridized carbons (Fsp3) is 0.333. The van der Waals surface area contributed by atoms with Crippen LogP contribution in [0.4, 0.5) is 0 Å². The van der Waals surface area contributed by atoms with E-state index in [1.807, 2.05) is 24.3 Å². The van der Waals surface area contributed by atoms with Crippen molar-refractivity contribution in [2.75, 3.05) is 0 Å². The number of aromatic nitrogens is 2. The second-order valence-electron chi connectivity index (χ2n) is 4.61. The number of aromatic amines is 1. The molecule has 0 saturated heterocycles. The van der Waals surface area contributed by atoms with Crippen LogP contribution in [-0.2, 0) is 11.3 Å². The standard InChI is InChI=1S/C12H16N4O/c1-12(2,13)11(17)14-7-10-15-8-5-3-4-6-9(8)16-10/h3-6H,7,13H2,1-2H3,(H,14,17)(H,15,16). The number of amides is 1. The summed E-state index contributed by atoms with van der Waals surface area (Å²) in [5.74, 6) is 0.529. The molecule has 0 unspecified atom stereocenters. The molecule has 4 N–H and O–H groups in total. The minimum Gasteiger partial charge on any atom is -0.347 e. The maximum atomic E-state index is 11.6. The van der Waals surface area contributed by atoms with Crippen LogP contribution >= 0.6 is 0 Å². The van der Waals surface area contributed by atoms with E-state index in [2.05, 4.69) is 15.3 Å². The lowest BCUT2D eigenvalue weighted by molar-refractivity contribution is -0.125. The van der Waals surface area contributed by atoms with Gasteiger partial charge in [-0.2, -0.15) is 0 Å². The van der Waals surface area contributed by atoms with Crippen molar-refractivity contribution in [2.24, 2.45) is 5.73 Å². The highest BCUT2D eigenvalue weighted by atomic mass is 16.2. The van der Waals surface area contributed by atoms with E-state index in [1.54, 1.807) is 13.8 Å². The van der Waals surface area contributed by atoms with Crippen molar-refractivity contribution in [1.82, 2.24) is 15.3 Å². The van der Waals surface area contributed by atoms with Crippen molar-refractivity contribution >= 4 is 16.9 Å². The summed E-state index contributed by atoms with van der Waals surface area (Å²) in [6, 6.07) is 7.73. The van der Waals surface area contributed by atoms with Gasteiger partial charge >= 0.3 is 0 Å². The van der Waals surface area contributed by atoms with Gasteiger partial charge in [0.05, 0.1) is 23.1 Å². The van der Waals surface area contributed by atoms with Crippen molar-refractivity contribution in [2.45, 2.75) is 25.9 Å². The molecular weight excluding hydrogens is 216 g/mol. The molecule has 0 radical (unpaired) electrons. The number of para-hydroxylation sites is 2. The highest BCUT2D eigenvalue weighted by Crippen LogP contribution is 2.10. The second kappa shape index (κ2) is 4.18. The first-order valence-electron chi connectivity index (χ1n) is 5.47. The molecule has 0 aliphatic rings. The number of hydrogen-bond donors (Lipinski definition) is 3. The Bertz CT molecular complexity index is 506. The number of fused-ring (bicyclic) bond motifs is 1. The van der Waals surface area contributed by atoms with Crippen LogP contribution in [0.15, 0.2) is 24.3 Å². The molecule has 2 rings (SSSR count). The van der Waals surface area contributed by atoms with Gasteiger partial charge in [-0.1, -0.05) is 12.1 Å². The zero-order chi connectivity index (χ0) is 12.5. The van der Waals surface area contributed by atoms with Crippen molar-refractivity contribution in [3.63, 3.8) is 0 Å². The molecule has 1 heterocycles. The van der Waals surface area contributed by atoms with E-state index in [4.69, 9.17) is 5.73 Å². The van der Waals surface area contributed by atoms with E-state index in [9.17, 15) is 4.79 Å². The molecule has 1 aromatic heterocycles. The first-order chi connectivity index (χ1) is 7.97. The molecule has 5 nitrogen and oxygen atoms in total. The van der Waals surface area contributed by atoms with Crippen LogP contribution in [0.3, 0.4) is 0 Å². The fourth-order valence-electron chi connectivity index (χ4n) is 1.48. The van der Waals surface area contributed by atoms with Crippen LogP contribution in [0.2, 0.25) is 0 Å². The Hall–Kier alpha value is -1.88. The fourth-order valence-corrected chi connectivity index (χ4v) is 1.48. The van der Waals surface area contributed by atoms with Crippen LogP contribution in [-0.4, -0.2) is 21.4 Å². The van der Waals surface area contributed by atoms with Gasteiger partial charge in [0.2, 0.25) is 5.91 Å². The van der Waals surface area contributed by atoms with Gasteiger partial charge in [-0.05, 0) is 26.0 Å². The number of carbonyl (C=O) groups excluding carboxylic acids is 1. The smallest absolute Gasteiger partial charge is 0.239 e. The van der Waals surface area contributed by atoms with Crippen LogP contribution in [0.1, 0.15) is 19.7 Å². The number of H-pyrrole nitrogens is 1. The van der Waals surface area contributed by atoms with Crippen LogP contribution in [0.25, 0.3) is 11.0 Å². The van der Waals surface area contributed by atoms with E-state index in [-0.39, 0.29) is 5.91 Å². The number of hydrogen-bond acceptors (Lipinski definition) is 3. The molecule has 5 heteroatoms. The zero-order valence-corrected chi connectivity index (χ0v) is 9.95. The van der Waals surface area contributed by atoms with Gasteiger partial charge < -0.3 is 16.0 Å². The van der Waals surface area contributed by atoms with E-state index in [0.717, 1.165) is 16.9 Å². The lowest BCUT2D eigenvalue weighted by Crippen LogP contribution is -2.48. The minimum atomic E-state index is -0.869. The summed E-state index contributed by atoms with van der Waals surface area (Å²) in [6.07, 6.45) is 0. The number of imidazole rings is 1. The predicted molar refractivity (Wildman–Crippen MR) is 66.2 cm³/mol. The second-order valence-corrected chi connectivity index (χ2v) is 4.61. The summed E-state index contributed by atoms with van der Waals surface area (Å²) < 4.78 is 0. The van der Waals surface area contributed by atoms with Gasteiger partial charge in [0.25, 0.3) is 0 Å². The number of nitrogens with two attached hydrogens (primary N) is 1. The van der Waals surface area contributed by atoms with Gasteiger partial charge in [-0.15, -0.1) is 0 Å². The molecular formula is C12H16N4O. The first kappa shape index (κ1) is 11.6. The van der Waals surface area contributed by atoms with E-state index in [1.165, 1.54) is 0 Å². The molecule has 17 heavy (non-hydrogen) atoms. The van der Waals surface area contributed by atoms with Gasteiger partial charge in [0.15, 0.2) is 0 Å². The van der Waals surface area contributed by atoms with E-state index >= 15 is 0 Å². The van der Waals surface area contributed by atoms with Crippen LogP contribution in [0.5, 0.6) is 0 Å². The molecule has 0 fully saturated rings. The Morgan fingerprint density at radius 3 is 2.82 bits per heavy atom. The summed E-state index contributed by atoms with van der Waals surface area (Å²) in [7, 11) is 0. The van der Waals surface area contributed by atoms with Crippen molar-refractivity contribution in [3.8, 4) is 0 Å². The third-order valence-electron chi connectivity index (χ3n) is 2.44. The zero-order valence-electron chi connectivity index (χ0n) is 9.95. The third kappa shape index (κ3) is 2.62. The maximum absolute atomic E-state index is 11.6. The van der Waals surface area contributed by atoms with Gasteiger partial charge in [0, 0.05) is 0 Å². The van der Waals surface area contributed by atoms with Crippen LogP contribution in [0, 0.1) is 0 Å². The van der Waals surface area contributed by atoms with Crippen molar-refractivity contribution in [1.29, 1.82) is 0 Å². The van der Waals surface area contributed by atoms with Gasteiger partial charge in [-0.3, -0.25) is 4.79 Å². The first-order valence-corrected chi connectivity index (χ1v) is 5.47. The quantitative estimate of drug-likeness (QED) is 0.735. The summed E-state index contributed by atoms with van der Waals surface area (Å²) in [5.41, 5.74) is 6.66. The number of benzene rings is 1. The van der Waals surface area contributed by atoms with E-state index < -0.39 is 5.54 Å². The average molecular weight is 232 g/mol. The number of nitrogens with zero attached hydrogens (tertiary/aromatic N) is 1. The highest BCUT2D eigenvalue weighted by molar-refractivity contribution is 5.85. The lowest BCUT2D eigenvalue weighted by atomic mass is 10.1. The van der Waals surface area contributed by atoms with E-state index in [0.29, 0.717) is 6.54 Å². The molecule has 1 amide bonds. The minimum absolute atomic E-state index is 0.196. The predicted octanol–water partition coefficient (Wildman–Crippen LogP) is 0.916. The molecule has 1 aromatic carbocycles. The maximum Gasteiger partial charge on any atom is 0.239 e. The average Bonchev–Trinajstić information content (AvgIpc) is 2.66. The SMILES string of the molecule is CC(C)(N)C(=O)NCc1nc2ccccc2[nH]1. The molecule has 0 atom stereocenters. The molecule has 2 aromatic rings. The molecule has 0 aliphatic carbocycles. The Balaban J connectivity index is 2.07. The Labute approximate surface area is 99.4 Å². The molecule has 0 saturated carbocycles. The number of rotatable bonds is 3. The topological polar surface area (TPSA) is 83.8 Å². The summed E-state index contributed by atoms with van der Waals surface area (Å²) in [5, 5.41) is 2.74. The molecule has 0 bridgehead atoms. The number of nitrogens with one attached hydrogen (secondary N) is 2. The number of carbonyl (C=O) groups is 1. The largest absolute Gasteiger partial charge is 0.347 e. The Kier molecular flexibility index (Phi) is 2.85. The van der Waals surface area contributed by atoms with Crippen molar-refractivity contribution < 1.29 is 4.79 Å². The Morgan fingerprint density at radius 1 is 1.47 bits per heavy atom.